The molecule has 0 aliphatic heterocycles. The predicted octanol–water partition coefficient (Wildman–Crippen LogP) is 2.54. The molecule has 2 amide bonds. The molecule has 18 heavy (non-hydrogen) atoms. The van der Waals surface area contributed by atoms with E-state index in [-0.39, 0.29) is 6.03 Å². The molecule has 6 heteroatoms. The fraction of sp³-hybridized carbons (Fsp3) is 0.167. The van der Waals surface area contributed by atoms with E-state index in [0.29, 0.717) is 12.4 Å². The van der Waals surface area contributed by atoms with Crippen LogP contribution in [0.3, 0.4) is 0 Å². The lowest BCUT2D eigenvalue weighted by atomic mass is 10.1. The number of H-pyrrole nitrogens is 1. The average Bonchev–Trinajstić information content (AvgIpc) is 2.76. The van der Waals surface area contributed by atoms with E-state index in [9.17, 15) is 4.79 Å². The number of nitrogens with one attached hydrogen (secondary N) is 3. The summed E-state index contributed by atoms with van der Waals surface area (Å²) in [6.45, 7) is 0.585. The molecule has 2 aromatic rings. The number of halogens is 1. The van der Waals surface area contributed by atoms with Gasteiger partial charge in [-0.15, -0.1) is 0 Å². The quantitative estimate of drug-likeness (QED) is 0.812. The van der Waals surface area contributed by atoms with E-state index in [4.69, 9.17) is 0 Å². The number of rotatable bonds is 4. The molecule has 2 rings (SSSR count). The Morgan fingerprint density at radius 2 is 2.11 bits per heavy atom. The van der Waals surface area contributed by atoms with Gasteiger partial charge >= 0.3 is 6.03 Å². The van der Waals surface area contributed by atoms with Crippen molar-refractivity contribution in [3.05, 3.63) is 46.6 Å². The third kappa shape index (κ3) is 3.59. The van der Waals surface area contributed by atoms with Gasteiger partial charge in [0.2, 0.25) is 0 Å². The van der Waals surface area contributed by atoms with E-state index < -0.39 is 0 Å². The van der Waals surface area contributed by atoms with Crippen LogP contribution in [0, 0.1) is 0 Å². The summed E-state index contributed by atoms with van der Waals surface area (Å²) in [7, 11) is 0. The first-order valence-corrected chi connectivity index (χ1v) is 6.32. The van der Waals surface area contributed by atoms with Crippen LogP contribution in [0.5, 0.6) is 0 Å². The van der Waals surface area contributed by atoms with Gasteiger partial charge in [-0.25, -0.2) is 4.79 Å². The smallest absolute Gasteiger partial charge is 0.320 e. The largest absolute Gasteiger partial charge is 0.337 e. The summed E-state index contributed by atoms with van der Waals surface area (Å²) in [5.74, 6) is 0.548. The van der Waals surface area contributed by atoms with Gasteiger partial charge in [-0.05, 0) is 27.9 Å². The molecule has 0 saturated carbocycles. The van der Waals surface area contributed by atoms with Gasteiger partial charge in [-0.2, -0.15) is 5.10 Å². The number of urea groups is 1. The van der Waals surface area contributed by atoms with E-state index in [1.54, 1.807) is 6.20 Å². The molecule has 1 aromatic carbocycles. The van der Waals surface area contributed by atoms with Crippen LogP contribution in [0.2, 0.25) is 0 Å². The Morgan fingerprint density at radius 1 is 1.33 bits per heavy atom. The summed E-state index contributed by atoms with van der Waals surface area (Å²) in [5.41, 5.74) is 1.19. The van der Waals surface area contributed by atoms with Crippen molar-refractivity contribution in [3.8, 4) is 0 Å². The molecule has 0 unspecified atom stereocenters. The number of nitrogens with zero attached hydrogens (tertiary/aromatic N) is 1. The van der Waals surface area contributed by atoms with Gasteiger partial charge in [0.25, 0.3) is 0 Å². The number of aromatic amines is 1. The molecule has 94 valence electrons. The van der Waals surface area contributed by atoms with Gasteiger partial charge in [-0.1, -0.05) is 30.3 Å². The lowest BCUT2D eigenvalue weighted by molar-refractivity contribution is 0.252. The summed E-state index contributed by atoms with van der Waals surface area (Å²) in [5, 5.41) is 11.9. The summed E-state index contributed by atoms with van der Waals surface area (Å²) >= 11 is 3.26. The second-order valence-corrected chi connectivity index (χ2v) is 4.56. The molecule has 0 radical (unpaired) electrons. The minimum Gasteiger partial charge on any atom is -0.337 e. The van der Waals surface area contributed by atoms with E-state index >= 15 is 0 Å². The number of hydrogen-bond donors (Lipinski definition) is 3. The SMILES string of the molecule is O=C(NCCc1ccccc1)Nc1[nH]ncc1Br. The van der Waals surface area contributed by atoms with Crippen molar-refractivity contribution < 1.29 is 4.79 Å². The average molecular weight is 309 g/mol. The maximum Gasteiger partial charge on any atom is 0.320 e. The van der Waals surface area contributed by atoms with Crippen LogP contribution >= 0.6 is 15.9 Å². The number of aromatic nitrogens is 2. The Morgan fingerprint density at radius 3 is 2.78 bits per heavy atom. The van der Waals surface area contributed by atoms with E-state index in [2.05, 4.69) is 36.8 Å². The number of amides is 2. The Bertz CT molecular complexity index is 512. The maximum atomic E-state index is 11.6. The van der Waals surface area contributed by atoms with Gasteiger partial charge in [-0.3, -0.25) is 10.4 Å². The van der Waals surface area contributed by atoms with Crippen LogP contribution in [0.4, 0.5) is 10.6 Å². The summed E-state index contributed by atoms with van der Waals surface area (Å²) < 4.78 is 0.723. The summed E-state index contributed by atoms with van der Waals surface area (Å²) in [6, 6.07) is 9.75. The first kappa shape index (κ1) is 12.6. The highest BCUT2D eigenvalue weighted by atomic mass is 79.9. The number of benzene rings is 1. The normalized spacial score (nSPS) is 10.1. The molecule has 0 saturated heterocycles. The third-order valence-corrected chi connectivity index (χ3v) is 2.97. The first-order valence-electron chi connectivity index (χ1n) is 5.53. The molecule has 0 atom stereocenters. The lowest BCUT2D eigenvalue weighted by Gasteiger charge is -2.06. The standard InChI is InChI=1S/C12H13BrN4O/c13-10-8-15-17-11(10)16-12(18)14-7-6-9-4-2-1-3-5-9/h1-5,8H,6-7H2,(H3,14,15,16,17,18). The van der Waals surface area contributed by atoms with Crippen molar-refractivity contribution in [2.24, 2.45) is 0 Å². The zero-order valence-corrected chi connectivity index (χ0v) is 11.2. The van der Waals surface area contributed by atoms with Crippen LogP contribution < -0.4 is 10.6 Å². The number of carbonyl (C=O) groups excluding carboxylic acids is 1. The van der Waals surface area contributed by atoms with Gasteiger partial charge in [0.15, 0.2) is 0 Å². The minimum absolute atomic E-state index is 0.254. The topological polar surface area (TPSA) is 69.8 Å². The molecule has 0 aliphatic rings. The Labute approximate surface area is 113 Å². The van der Waals surface area contributed by atoms with Gasteiger partial charge < -0.3 is 5.32 Å². The molecule has 3 N–H and O–H groups in total. The van der Waals surface area contributed by atoms with Crippen LogP contribution in [0.1, 0.15) is 5.56 Å². The van der Waals surface area contributed by atoms with Crippen LogP contribution in [0.25, 0.3) is 0 Å². The van der Waals surface area contributed by atoms with Crippen molar-refractivity contribution in [1.82, 2.24) is 15.5 Å². The summed E-state index contributed by atoms with van der Waals surface area (Å²) in [4.78, 5) is 11.6. The zero-order chi connectivity index (χ0) is 12.8. The number of anilines is 1. The first-order chi connectivity index (χ1) is 8.75. The van der Waals surface area contributed by atoms with Crippen LogP contribution in [-0.4, -0.2) is 22.8 Å². The molecule has 0 fully saturated rings. The molecule has 5 nitrogen and oxygen atoms in total. The second kappa shape index (κ2) is 6.20. The predicted molar refractivity (Wildman–Crippen MR) is 73.5 cm³/mol. The highest BCUT2D eigenvalue weighted by molar-refractivity contribution is 9.10. The summed E-state index contributed by atoms with van der Waals surface area (Å²) in [6.07, 6.45) is 2.39. The van der Waals surface area contributed by atoms with Crippen LogP contribution in [-0.2, 0) is 6.42 Å². The van der Waals surface area contributed by atoms with Gasteiger partial charge in [0.05, 0.1) is 10.7 Å². The van der Waals surface area contributed by atoms with Crippen molar-refractivity contribution in [3.63, 3.8) is 0 Å². The molecule has 0 aliphatic carbocycles. The van der Waals surface area contributed by atoms with Crippen molar-refractivity contribution in [1.29, 1.82) is 0 Å². The van der Waals surface area contributed by atoms with E-state index in [1.165, 1.54) is 5.56 Å². The number of hydrogen-bond acceptors (Lipinski definition) is 2. The van der Waals surface area contributed by atoms with Crippen LogP contribution in [0.15, 0.2) is 41.0 Å². The fourth-order valence-electron chi connectivity index (χ4n) is 1.48. The Kier molecular flexibility index (Phi) is 4.35. The molecular weight excluding hydrogens is 296 g/mol. The highest BCUT2D eigenvalue weighted by Crippen LogP contribution is 2.17. The van der Waals surface area contributed by atoms with Crippen molar-refractivity contribution in [2.75, 3.05) is 11.9 Å². The van der Waals surface area contributed by atoms with Crippen molar-refractivity contribution in [2.45, 2.75) is 6.42 Å². The Hall–Kier alpha value is -1.82. The highest BCUT2D eigenvalue weighted by Gasteiger charge is 2.05. The molecular formula is C12H13BrN4O. The number of carbonyl (C=O) groups is 1. The minimum atomic E-state index is -0.254. The maximum absolute atomic E-state index is 11.6. The second-order valence-electron chi connectivity index (χ2n) is 3.71. The molecule has 1 heterocycles. The van der Waals surface area contributed by atoms with Gasteiger partial charge in [0.1, 0.15) is 5.82 Å². The van der Waals surface area contributed by atoms with Gasteiger partial charge in [0, 0.05) is 6.54 Å². The molecule has 1 aromatic heterocycles. The third-order valence-electron chi connectivity index (χ3n) is 2.37. The zero-order valence-electron chi connectivity index (χ0n) is 9.61. The van der Waals surface area contributed by atoms with Crippen molar-refractivity contribution >= 4 is 27.8 Å². The molecule has 0 bridgehead atoms. The fourth-order valence-corrected chi connectivity index (χ4v) is 1.77. The molecule has 0 spiro atoms. The lowest BCUT2D eigenvalue weighted by Crippen LogP contribution is -2.30. The Balaban J connectivity index is 1.74. The van der Waals surface area contributed by atoms with E-state index in [1.807, 2.05) is 30.3 Å². The monoisotopic (exact) mass is 308 g/mol. The van der Waals surface area contributed by atoms with E-state index in [0.717, 1.165) is 10.9 Å².